The molecule has 1 rings (SSSR count). The van der Waals surface area contributed by atoms with Gasteiger partial charge in [-0.25, -0.2) is 9.59 Å². The van der Waals surface area contributed by atoms with Crippen LogP contribution in [0.3, 0.4) is 0 Å². The quantitative estimate of drug-likeness (QED) is 0.782. The van der Waals surface area contributed by atoms with E-state index in [-0.39, 0.29) is 17.6 Å². The molecule has 0 heterocycles. The highest BCUT2D eigenvalue weighted by molar-refractivity contribution is 5.92. The maximum Gasteiger partial charge on any atom is 0.335 e. The lowest BCUT2D eigenvalue weighted by Crippen LogP contribution is -2.39. The standard InChI is InChI=1S/C14H20N2O3/c1-8(2)10(4)15-14(19)16-11-5-6-12(13(17)18)9(3)7-11/h5-8,10H,1-4H3,(H,17,18)(H2,15,16,19). The van der Waals surface area contributed by atoms with Crippen molar-refractivity contribution in [1.29, 1.82) is 0 Å². The molecule has 0 spiro atoms. The zero-order valence-electron chi connectivity index (χ0n) is 11.7. The van der Waals surface area contributed by atoms with E-state index in [0.717, 1.165) is 0 Å². The summed E-state index contributed by atoms with van der Waals surface area (Å²) in [6, 6.07) is 4.49. The zero-order valence-corrected chi connectivity index (χ0v) is 11.7. The van der Waals surface area contributed by atoms with Crippen molar-refractivity contribution in [2.24, 2.45) is 5.92 Å². The van der Waals surface area contributed by atoms with Crippen molar-refractivity contribution in [3.8, 4) is 0 Å². The van der Waals surface area contributed by atoms with Gasteiger partial charge in [-0.15, -0.1) is 0 Å². The maximum absolute atomic E-state index is 11.7. The van der Waals surface area contributed by atoms with E-state index in [1.165, 1.54) is 6.07 Å². The van der Waals surface area contributed by atoms with Gasteiger partial charge in [0.15, 0.2) is 0 Å². The number of benzene rings is 1. The summed E-state index contributed by atoms with van der Waals surface area (Å²) in [5, 5.41) is 14.4. The molecule has 0 aliphatic heterocycles. The summed E-state index contributed by atoms with van der Waals surface area (Å²) in [5.41, 5.74) is 1.43. The van der Waals surface area contributed by atoms with Crippen molar-refractivity contribution in [2.75, 3.05) is 5.32 Å². The van der Waals surface area contributed by atoms with E-state index in [1.54, 1.807) is 19.1 Å². The Bertz CT molecular complexity index is 484. The lowest BCUT2D eigenvalue weighted by molar-refractivity contribution is 0.0696. The Balaban J connectivity index is 2.70. The van der Waals surface area contributed by atoms with Crippen LogP contribution in [-0.2, 0) is 0 Å². The summed E-state index contributed by atoms with van der Waals surface area (Å²) in [6.45, 7) is 7.68. The Morgan fingerprint density at radius 2 is 1.84 bits per heavy atom. The molecule has 0 saturated heterocycles. The number of nitrogens with one attached hydrogen (secondary N) is 2. The van der Waals surface area contributed by atoms with Crippen molar-refractivity contribution in [2.45, 2.75) is 33.7 Å². The van der Waals surface area contributed by atoms with Gasteiger partial charge in [0.05, 0.1) is 5.56 Å². The van der Waals surface area contributed by atoms with Crippen LogP contribution in [0.5, 0.6) is 0 Å². The third kappa shape index (κ3) is 4.28. The molecule has 2 amide bonds. The van der Waals surface area contributed by atoms with Gasteiger partial charge in [0.1, 0.15) is 0 Å². The molecule has 0 bridgehead atoms. The lowest BCUT2D eigenvalue weighted by Gasteiger charge is -2.18. The number of aryl methyl sites for hydroxylation is 1. The normalized spacial score (nSPS) is 12.1. The van der Waals surface area contributed by atoms with Crippen LogP contribution < -0.4 is 10.6 Å². The second-order valence-corrected chi connectivity index (χ2v) is 4.97. The van der Waals surface area contributed by atoms with E-state index in [0.29, 0.717) is 17.2 Å². The van der Waals surface area contributed by atoms with Crippen LogP contribution in [0, 0.1) is 12.8 Å². The number of rotatable bonds is 4. The van der Waals surface area contributed by atoms with Crippen LogP contribution in [0.4, 0.5) is 10.5 Å². The van der Waals surface area contributed by atoms with Crippen LogP contribution in [0.15, 0.2) is 18.2 Å². The first-order chi connectivity index (χ1) is 8.81. The lowest BCUT2D eigenvalue weighted by atomic mass is 10.1. The van der Waals surface area contributed by atoms with Crippen LogP contribution in [-0.4, -0.2) is 23.1 Å². The zero-order chi connectivity index (χ0) is 14.6. The van der Waals surface area contributed by atoms with Gasteiger partial charge >= 0.3 is 12.0 Å². The minimum absolute atomic E-state index is 0.0689. The van der Waals surface area contributed by atoms with Crippen LogP contribution in [0.2, 0.25) is 0 Å². The number of aromatic carboxylic acids is 1. The van der Waals surface area contributed by atoms with E-state index in [1.807, 2.05) is 20.8 Å². The van der Waals surface area contributed by atoms with E-state index in [4.69, 9.17) is 5.11 Å². The largest absolute Gasteiger partial charge is 0.478 e. The summed E-state index contributed by atoms with van der Waals surface area (Å²) < 4.78 is 0. The highest BCUT2D eigenvalue weighted by Crippen LogP contribution is 2.15. The van der Waals surface area contributed by atoms with Gasteiger partial charge in [0, 0.05) is 11.7 Å². The van der Waals surface area contributed by atoms with Gasteiger partial charge in [-0.1, -0.05) is 13.8 Å². The molecule has 3 N–H and O–H groups in total. The van der Waals surface area contributed by atoms with Gasteiger partial charge in [-0.3, -0.25) is 0 Å². The third-order valence-electron chi connectivity index (χ3n) is 3.07. The fraction of sp³-hybridized carbons (Fsp3) is 0.429. The first-order valence-corrected chi connectivity index (χ1v) is 6.22. The van der Waals surface area contributed by atoms with Crippen molar-refractivity contribution in [1.82, 2.24) is 5.32 Å². The molecule has 0 saturated carbocycles. The van der Waals surface area contributed by atoms with Gasteiger partial charge in [-0.2, -0.15) is 0 Å². The smallest absolute Gasteiger partial charge is 0.335 e. The molecule has 1 unspecified atom stereocenters. The number of carbonyl (C=O) groups is 2. The van der Waals surface area contributed by atoms with Gasteiger partial charge in [0.2, 0.25) is 0 Å². The average molecular weight is 264 g/mol. The first kappa shape index (κ1) is 15.0. The van der Waals surface area contributed by atoms with Crippen LogP contribution >= 0.6 is 0 Å². The Morgan fingerprint density at radius 3 is 2.32 bits per heavy atom. The minimum atomic E-state index is -0.970. The number of carboxylic acids is 1. The van der Waals surface area contributed by atoms with Crippen LogP contribution in [0.25, 0.3) is 0 Å². The van der Waals surface area contributed by atoms with Crippen molar-refractivity contribution in [3.63, 3.8) is 0 Å². The predicted molar refractivity (Wildman–Crippen MR) is 74.6 cm³/mol. The molecule has 0 aromatic heterocycles. The molecule has 1 aromatic carbocycles. The number of hydrogen-bond donors (Lipinski definition) is 3. The average Bonchev–Trinajstić information content (AvgIpc) is 2.27. The molecule has 0 fully saturated rings. The van der Waals surface area contributed by atoms with Gasteiger partial charge < -0.3 is 15.7 Å². The summed E-state index contributed by atoms with van der Waals surface area (Å²) in [7, 11) is 0. The molecule has 1 atom stereocenters. The number of carbonyl (C=O) groups excluding carboxylic acids is 1. The fourth-order valence-corrected chi connectivity index (χ4v) is 1.52. The van der Waals surface area contributed by atoms with E-state index in [2.05, 4.69) is 10.6 Å². The summed E-state index contributed by atoms with van der Waals surface area (Å²) in [4.78, 5) is 22.6. The topological polar surface area (TPSA) is 78.4 Å². The Kier molecular flexibility index (Phi) is 4.92. The van der Waals surface area contributed by atoms with E-state index < -0.39 is 5.97 Å². The van der Waals surface area contributed by atoms with Gasteiger partial charge in [-0.05, 0) is 43.5 Å². The summed E-state index contributed by atoms with van der Waals surface area (Å²) in [5.74, 6) is -0.621. The SMILES string of the molecule is Cc1cc(NC(=O)NC(C)C(C)C)ccc1C(=O)O. The molecule has 0 aliphatic rings. The summed E-state index contributed by atoms with van der Waals surface area (Å²) in [6.07, 6.45) is 0. The molecule has 5 nitrogen and oxygen atoms in total. The molecule has 0 radical (unpaired) electrons. The number of anilines is 1. The van der Waals surface area contributed by atoms with Crippen molar-refractivity contribution in [3.05, 3.63) is 29.3 Å². The number of carboxylic acid groups (broad SMARTS) is 1. The monoisotopic (exact) mass is 264 g/mol. The molecule has 104 valence electrons. The predicted octanol–water partition coefficient (Wildman–Crippen LogP) is 2.86. The second kappa shape index (κ2) is 6.22. The maximum atomic E-state index is 11.7. The first-order valence-electron chi connectivity index (χ1n) is 6.22. The molecule has 19 heavy (non-hydrogen) atoms. The molecular weight excluding hydrogens is 244 g/mol. The summed E-state index contributed by atoms with van der Waals surface area (Å²) >= 11 is 0. The number of urea groups is 1. The van der Waals surface area contributed by atoms with Gasteiger partial charge in [0.25, 0.3) is 0 Å². The molecular formula is C14H20N2O3. The Hall–Kier alpha value is -2.04. The fourth-order valence-electron chi connectivity index (χ4n) is 1.52. The Labute approximate surface area is 113 Å². The molecule has 0 aliphatic carbocycles. The second-order valence-electron chi connectivity index (χ2n) is 4.97. The van der Waals surface area contributed by atoms with E-state index in [9.17, 15) is 9.59 Å². The van der Waals surface area contributed by atoms with Crippen LogP contribution in [0.1, 0.15) is 36.7 Å². The van der Waals surface area contributed by atoms with Crippen molar-refractivity contribution >= 4 is 17.7 Å². The Morgan fingerprint density at radius 1 is 1.21 bits per heavy atom. The minimum Gasteiger partial charge on any atom is -0.478 e. The van der Waals surface area contributed by atoms with E-state index >= 15 is 0 Å². The number of hydrogen-bond acceptors (Lipinski definition) is 2. The highest BCUT2D eigenvalue weighted by Gasteiger charge is 2.12. The number of amides is 2. The van der Waals surface area contributed by atoms with Crippen molar-refractivity contribution < 1.29 is 14.7 Å². The molecule has 5 heteroatoms. The highest BCUT2D eigenvalue weighted by atomic mass is 16.4. The third-order valence-corrected chi connectivity index (χ3v) is 3.07. The molecule has 1 aromatic rings.